The lowest BCUT2D eigenvalue weighted by Crippen LogP contribution is -2.25. The predicted octanol–water partition coefficient (Wildman–Crippen LogP) is 5.80. The molecular weight excluding hydrogens is 438 g/mol. The number of carboxylic acids is 1. The smallest absolute Gasteiger partial charge is 0.416 e. The van der Waals surface area contributed by atoms with E-state index in [9.17, 15) is 27.5 Å². The van der Waals surface area contributed by atoms with Crippen LogP contribution >= 0.6 is 0 Å². The van der Waals surface area contributed by atoms with Gasteiger partial charge < -0.3 is 9.84 Å². The average molecular weight is 465 g/mol. The molecule has 0 aromatic heterocycles. The van der Waals surface area contributed by atoms with Gasteiger partial charge in [-0.1, -0.05) is 18.2 Å². The molecule has 2 fully saturated rings. The maximum absolute atomic E-state index is 13.3. The number of aliphatic carboxylic acids is 1. The normalized spacial score (nSPS) is 20.1. The van der Waals surface area contributed by atoms with Gasteiger partial charge in [0.25, 0.3) is 0 Å². The minimum atomic E-state index is -4.47. The van der Waals surface area contributed by atoms with Gasteiger partial charge in [-0.25, -0.2) is 4.39 Å². The maximum atomic E-state index is 13.3. The quantitative estimate of drug-likeness (QED) is 0.476. The van der Waals surface area contributed by atoms with Crippen LogP contribution in [0.1, 0.15) is 53.9 Å². The first-order valence-corrected chi connectivity index (χ1v) is 11.2. The van der Waals surface area contributed by atoms with Gasteiger partial charge in [0.15, 0.2) is 0 Å². The first-order valence-electron chi connectivity index (χ1n) is 11.2. The van der Waals surface area contributed by atoms with E-state index in [1.165, 1.54) is 6.07 Å². The first-order chi connectivity index (χ1) is 15.7. The van der Waals surface area contributed by atoms with Crippen molar-refractivity contribution in [3.8, 4) is 5.75 Å². The van der Waals surface area contributed by atoms with E-state index >= 15 is 0 Å². The van der Waals surface area contributed by atoms with Gasteiger partial charge in [-0.3, -0.25) is 9.69 Å². The van der Waals surface area contributed by atoms with Crippen LogP contribution in [0.15, 0.2) is 42.5 Å². The second-order valence-corrected chi connectivity index (χ2v) is 8.99. The van der Waals surface area contributed by atoms with Crippen molar-refractivity contribution in [3.63, 3.8) is 0 Å². The Labute approximate surface area is 190 Å². The summed E-state index contributed by atoms with van der Waals surface area (Å²) in [6.07, 6.45) is -1.73. The molecule has 2 atom stereocenters. The minimum Gasteiger partial charge on any atom is -0.489 e. The van der Waals surface area contributed by atoms with Crippen LogP contribution in [-0.2, 0) is 24.2 Å². The zero-order valence-corrected chi connectivity index (χ0v) is 18.2. The summed E-state index contributed by atoms with van der Waals surface area (Å²) in [4.78, 5) is 13.2. The molecule has 1 saturated carbocycles. The molecule has 0 bridgehead atoms. The molecule has 4 nitrogen and oxygen atoms in total. The number of hydrogen-bond acceptors (Lipinski definition) is 3. The van der Waals surface area contributed by atoms with Crippen LogP contribution in [0.3, 0.4) is 0 Å². The van der Waals surface area contributed by atoms with Gasteiger partial charge in [-0.15, -0.1) is 0 Å². The monoisotopic (exact) mass is 465 g/mol. The molecule has 1 aliphatic carbocycles. The van der Waals surface area contributed by atoms with E-state index in [2.05, 4.69) is 0 Å². The molecule has 1 heterocycles. The Bertz CT molecular complexity index is 990. The topological polar surface area (TPSA) is 49.8 Å². The highest BCUT2D eigenvalue weighted by Gasteiger charge is 2.34. The molecule has 1 aliphatic heterocycles. The van der Waals surface area contributed by atoms with E-state index < -0.39 is 24.4 Å². The molecule has 33 heavy (non-hydrogen) atoms. The van der Waals surface area contributed by atoms with Crippen molar-refractivity contribution in [2.45, 2.75) is 57.1 Å². The standard InChI is InChI=1S/C25H27F4NO3/c26-13-18-6-7-20(25(27,28)29)10-19(18)14-30-9-8-22(15-30)33-21-3-1-2-17(11-21)23(12-24(31)32)16-4-5-16/h1-3,6-7,10-11,16,22-23H,4-5,8-9,12-15H2,(H,31,32)/t22?,23-/m0/s1. The fourth-order valence-corrected chi connectivity index (χ4v) is 4.61. The summed E-state index contributed by atoms with van der Waals surface area (Å²) in [6, 6.07) is 10.7. The van der Waals surface area contributed by atoms with E-state index in [1.807, 2.05) is 29.2 Å². The predicted molar refractivity (Wildman–Crippen MR) is 115 cm³/mol. The first kappa shape index (κ1) is 23.5. The number of benzene rings is 2. The maximum Gasteiger partial charge on any atom is 0.416 e. The highest BCUT2D eigenvalue weighted by molar-refractivity contribution is 5.68. The van der Waals surface area contributed by atoms with Crippen molar-refractivity contribution in [3.05, 3.63) is 64.7 Å². The van der Waals surface area contributed by atoms with E-state index in [4.69, 9.17) is 4.74 Å². The highest BCUT2D eigenvalue weighted by Crippen LogP contribution is 2.45. The Balaban J connectivity index is 1.40. The number of carbonyl (C=O) groups is 1. The van der Waals surface area contributed by atoms with Crippen molar-refractivity contribution in [1.29, 1.82) is 0 Å². The van der Waals surface area contributed by atoms with E-state index in [0.717, 1.165) is 30.5 Å². The molecule has 4 rings (SSSR count). The average Bonchev–Trinajstić information content (AvgIpc) is 3.52. The summed E-state index contributed by atoms with van der Waals surface area (Å²) >= 11 is 0. The van der Waals surface area contributed by atoms with Crippen molar-refractivity contribution < 1.29 is 32.2 Å². The zero-order chi connectivity index (χ0) is 23.6. The van der Waals surface area contributed by atoms with Crippen molar-refractivity contribution in [2.24, 2.45) is 5.92 Å². The molecule has 2 aliphatic rings. The third-order valence-corrected chi connectivity index (χ3v) is 6.48. The summed E-state index contributed by atoms with van der Waals surface area (Å²) in [6.45, 7) is 0.571. The largest absolute Gasteiger partial charge is 0.489 e. The molecule has 1 unspecified atom stereocenters. The Morgan fingerprint density at radius 1 is 1.12 bits per heavy atom. The third-order valence-electron chi connectivity index (χ3n) is 6.48. The van der Waals surface area contributed by atoms with Gasteiger partial charge in [-0.2, -0.15) is 13.2 Å². The fraction of sp³-hybridized carbons (Fsp3) is 0.480. The summed E-state index contributed by atoms with van der Waals surface area (Å²) in [5.74, 6) is 0.229. The van der Waals surface area contributed by atoms with E-state index in [1.54, 1.807) is 0 Å². The number of carboxylic acid groups (broad SMARTS) is 1. The Morgan fingerprint density at radius 3 is 2.58 bits per heavy atom. The number of likely N-dealkylation sites (tertiary alicyclic amines) is 1. The summed E-state index contributed by atoms with van der Waals surface area (Å²) in [5.41, 5.74) is 0.800. The second-order valence-electron chi connectivity index (χ2n) is 8.99. The van der Waals surface area contributed by atoms with Gasteiger partial charge in [0.1, 0.15) is 18.5 Å². The number of halogens is 4. The molecule has 178 valence electrons. The number of nitrogens with zero attached hydrogens (tertiary/aromatic N) is 1. The lowest BCUT2D eigenvalue weighted by molar-refractivity contribution is -0.138. The van der Waals surface area contributed by atoms with Crippen molar-refractivity contribution in [1.82, 2.24) is 4.90 Å². The summed E-state index contributed by atoms with van der Waals surface area (Å²) in [5, 5.41) is 9.25. The van der Waals surface area contributed by atoms with Crippen LogP contribution in [-0.4, -0.2) is 35.2 Å². The van der Waals surface area contributed by atoms with Gasteiger partial charge >= 0.3 is 12.1 Å². The minimum absolute atomic E-state index is 0.0221. The van der Waals surface area contributed by atoms with Gasteiger partial charge in [0.05, 0.1) is 12.0 Å². The number of rotatable bonds is 9. The summed E-state index contributed by atoms with van der Waals surface area (Å²) in [7, 11) is 0. The van der Waals surface area contributed by atoms with Gasteiger partial charge in [0, 0.05) is 19.6 Å². The Hall–Kier alpha value is -2.61. The second kappa shape index (κ2) is 9.71. The molecule has 0 amide bonds. The molecule has 8 heteroatoms. The van der Waals surface area contributed by atoms with Gasteiger partial charge in [0.2, 0.25) is 0 Å². The zero-order valence-electron chi connectivity index (χ0n) is 18.2. The lowest BCUT2D eigenvalue weighted by atomic mass is 9.91. The molecular formula is C25H27F4NO3. The number of ether oxygens (including phenoxy) is 1. The molecule has 0 radical (unpaired) electrons. The fourth-order valence-electron chi connectivity index (χ4n) is 4.61. The highest BCUT2D eigenvalue weighted by atomic mass is 19.4. The molecule has 2 aromatic carbocycles. The van der Waals surface area contributed by atoms with Crippen LogP contribution in [0, 0.1) is 5.92 Å². The van der Waals surface area contributed by atoms with Crippen molar-refractivity contribution >= 4 is 5.97 Å². The SMILES string of the molecule is O=C(O)C[C@H](c1cccc(OC2CCN(Cc3cc(C(F)(F)F)ccc3CF)C2)c1)C1CC1. The Morgan fingerprint density at radius 2 is 1.91 bits per heavy atom. The van der Waals surface area contributed by atoms with Crippen LogP contribution in [0.25, 0.3) is 0 Å². The van der Waals surface area contributed by atoms with Gasteiger partial charge in [-0.05, 0) is 72.1 Å². The number of alkyl halides is 4. The molecule has 0 spiro atoms. The Kier molecular flexibility index (Phi) is 6.93. The van der Waals surface area contributed by atoms with Crippen LogP contribution in [0.5, 0.6) is 5.75 Å². The third kappa shape index (κ3) is 6.05. The molecule has 2 aromatic rings. The summed E-state index contributed by atoms with van der Waals surface area (Å²) < 4.78 is 58.7. The van der Waals surface area contributed by atoms with E-state index in [-0.39, 0.29) is 30.6 Å². The lowest BCUT2D eigenvalue weighted by Gasteiger charge is -2.20. The van der Waals surface area contributed by atoms with E-state index in [0.29, 0.717) is 36.7 Å². The molecule has 1 saturated heterocycles. The number of hydrogen-bond donors (Lipinski definition) is 1. The van der Waals surface area contributed by atoms with Crippen LogP contribution in [0.2, 0.25) is 0 Å². The molecule has 1 N–H and O–H groups in total. The van der Waals surface area contributed by atoms with Crippen LogP contribution in [0.4, 0.5) is 17.6 Å². The van der Waals surface area contributed by atoms with Crippen LogP contribution < -0.4 is 4.74 Å². The van der Waals surface area contributed by atoms with Crippen molar-refractivity contribution in [2.75, 3.05) is 13.1 Å².